The van der Waals surface area contributed by atoms with Gasteiger partial charge in [-0.25, -0.2) is 4.98 Å². The van der Waals surface area contributed by atoms with Gasteiger partial charge in [-0.05, 0) is 48.0 Å². The lowest BCUT2D eigenvalue weighted by atomic mass is 10.1. The number of aromatic nitrogens is 4. The van der Waals surface area contributed by atoms with Crippen LogP contribution in [0, 0.1) is 11.8 Å². The lowest BCUT2D eigenvalue weighted by Gasteiger charge is -2.20. The van der Waals surface area contributed by atoms with Crippen LogP contribution in [0.5, 0.6) is 11.5 Å². The number of carbonyl (C=O) groups is 2. The van der Waals surface area contributed by atoms with Crippen molar-refractivity contribution in [3.63, 3.8) is 0 Å². The number of hydrogen-bond acceptors (Lipinski definition) is 7. The quantitative estimate of drug-likeness (QED) is 0.224. The topological polar surface area (TPSA) is 122 Å². The summed E-state index contributed by atoms with van der Waals surface area (Å²) in [6, 6.07) is 23.9. The molecule has 10 heteroatoms. The van der Waals surface area contributed by atoms with Crippen LogP contribution in [0.1, 0.15) is 34.0 Å². The van der Waals surface area contributed by atoms with Crippen LogP contribution in [0.25, 0.3) is 10.9 Å². The number of aromatic amines is 1. The monoisotopic (exact) mass is 572 g/mol. The molecule has 5 aromatic rings. The molecule has 2 amide bonds. The summed E-state index contributed by atoms with van der Waals surface area (Å²) in [7, 11) is 1.64. The van der Waals surface area contributed by atoms with Crippen LogP contribution in [-0.2, 0) is 11.2 Å². The Hall–Kier alpha value is -5.69. The number of fused-ring (bicyclic) bond motifs is 2. The van der Waals surface area contributed by atoms with Crippen molar-refractivity contribution in [2.45, 2.75) is 18.9 Å². The summed E-state index contributed by atoms with van der Waals surface area (Å²) in [6.45, 7) is 0.404. The number of amides is 2. The number of nitrogens with one attached hydrogen (secondary N) is 2. The first kappa shape index (κ1) is 27.5. The van der Waals surface area contributed by atoms with E-state index in [-0.39, 0.29) is 18.3 Å². The number of H-pyrrole nitrogens is 1. The largest absolute Gasteiger partial charge is 0.493 e. The summed E-state index contributed by atoms with van der Waals surface area (Å²) in [5, 5.41) is 10.5. The highest BCUT2D eigenvalue weighted by molar-refractivity contribution is 6.02. The maximum atomic E-state index is 13.3. The van der Waals surface area contributed by atoms with Gasteiger partial charge in [0.15, 0.2) is 0 Å². The fourth-order valence-corrected chi connectivity index (χ4v) is 4.70. The van der Waals surface area contributed by atoms with Gasteiger partial charge in [0, 0.05) is 37.0 Å². The predicted molar refractivity (Wildman–Crippen MR) is 161 cm³/mol. The first-order chi connectivity index (χ1) is 21.0. The number of ether oxygens (including phenoxy) is 2. The molecule has 3 heterocycles. The van der Waals surface area contributed by atoms with Crippen molar-refractivity contribution >= 4 is 28.4 Å². The van der Waals surface area contributed by atoms with E-state index < -0.39 is 11.9 Å². The Labute approximate surface area is 248 Å². The molecule has 1 aliphatic rings. The lowest BCUT2D eigenvalue weighted by Crippen LogP contribution is -2.49. The normalized spacial score (nSPS) is 14.2. The molecule has 214 valence electrons. The van der Waals surface area contributed by atoms with Gasteiger partial charge in [-0.15, -0.1) is 5.10 Å². The lowest BCUT2D eigenvalue weighted by molar-refractivity contribution is -0.120. The van der Waals surface area contributed by atoms with E-state index in [9.17, 15) is 9.59 Å². The minimum Gasteiger partial charge on any atom is -0.493 e. The zero-order chi connectivity index (χ0) is 29.6. The molecule has 1 aliphatic heterocycles. The standard InChI is InChI=1S/C33H28N6O4/c1-39-28-18-23(10-5-6-17-42-25-13-14-26-24(20-25)11-7-16-34-26)12-15-29(28)43-21-27(33(39)41)35-32(40)31-36-30(37-38-31)19-22-8-3-2-4-9-22/h2-4,7-9,11-16,18,20,27H,6,17,19,21H2,1H3,(H,35,40)(H,36,37,38)/t27-/m1/s1. The Morgan fingerprint density at radius 1 is 1.12 bits per heavy atom. The minimum atomic E-state index is -0.918. The van der Waals surface area contributed by atoms with Gasteiger partial charge < -0.3 is 19.7 Å². The summed E-state index contributed by atoms with van der Waals surface area (Å²) in [5.74, 6) is 7.16. The third-order valence-electron chi connectivity index (χ3n) is 6.91. The van der Waals surface area contributed by atoms with Crippen LogP contribution in [-0.4, -0.2) is 58.3 Å². The second-order valence-corrected chi connectivity index (χ2v) is 9.94. The first-order valence-electron chi connectivity index (χ1n) is 13.8. The van der Waals surface area contributed by atoms with E-state index in [1.165, 1.54) is 4.90 Å². The average Bonchev–Trinajstić information content (AvgIpc) is 3.47. The predicted octanol–water partition coefficient (Wildman–Crippen LogP) is 3.92. The van der Waals surface area contributed by atoms with Crippen molar-refractivity contribution in [2.75, 3.05) is 25.2 Å². The summed E-state index contributed by atoms with van der Waals surface area (Å²) < 4.78 is 11.7. The van der Waals surface area contributed by atoms with Crippen LogP contribution in [0.2, 0.25) is 0 Å². The van der Waals surface area contributed by atoms with Gasteiger partial charge in [-0.2, -0.15) is 0 Å². The van der Waals surface area contributed by atoms with Gasteiger partial charge in [0.25, 0.3) is 11.8 Å². The number of benzene rings is 3. The Morgan fingerprint density at radius 3 is 2.88 bits per heavy atom. The Balaban J connectivity index is 1.05. The van der Waals surface area contributed by atoms with Crippen LogP contribution in [0.4, 0.5) is 5.69 Å². The fraction of sp³-hybridized carbons (Fsp3) is 0.182. The van der Waals surface area contributed by atoms with Crippen molar-refractivity contribution in [3.05, 3.63) is 108 Å². The summed E-state index contributed by atoms with van der Waals surface area (Å²) in [5.41, 5.74) is 3.25. The van der Waals surface area contributed by atoms with E-state index in [4.69, 9.17) is 9.47 Å². The number of hydrogen-bond donors (Lipinski definition) is 2. The van der Waals surface area contributed by atoms with E-state index in [1.807, 2.05) is 66.7 Å². The zero-order valence-corrected chi connectivity index (χ0v) is 23.4. The molecule has 0 unspecified atom stereocenters. The molecule has 0 spiro atoms. The Morgan fingerprint density at radius 2 is 2.00 bits per heavy atom. The SMILES string of the molecule is CN1C(=O)[C@H](NC(=O)c2n[nH]c(Cc3ccccc3)n2)COc2ccc(C#CCCOc3ccc4ncccc4c3)cc21. The summed E-state index contributed by atoms with van der Waals surface area (Å²) in [6.07, 6.45) is 2.79. The molecular weight excluding hydrogens is 544 g/mol. The molecule has 3 aromatic carbocycles. The molecule has 43 heavy (non-hydrogen) atoms. The maximum absolute atomic E-state index is 13.3. The molecule has 10 nitrogen and oxygen atoms in total. The molecule has 0 saturated heterocycles. The molecule has 6 rings (SSSR count). The number of pyridine rings is 1. The molecule has 0 saturated carbocycles. The van der Waals surface area contributed by atoms with Crippen LogP contribution < -0.4 is 19.7 Å². The molecule has 2 aromatic heterocycles. The number of nitrogens with zero attached hydrogens (tertiary/aromatic N) is 4. The van der Waals surface area contributed by atoms with E-state index >= 15 is 0 Å². The number of carbonyl (C=O) groups excluding carboxylic acids is 2. The highest BCUT2D eigenvalue weighted by atomic mass is 16.5. The van der Waals surface area contributed by atoms with Gasteiger partial charge in [-0.1, -0.05) is 48.2 Å². The van der Waals surface area contributed by atoms with E-state index in [0.29, 0.717) is 36.7 Å². The van der Waals surface area contributed by atoms with Crippen molar-refractivity contribution < 1.29 is 19.1 Å². The van der Waals surface area contributed by atoms with E-state index in [2.05, 4.69) is 37.3 Å². The van der Waals surface area contributed by atoms with Crippen molar-refractivity contribution in [3.8, 4) is 23.3 Å². The van der Waals surface area contributed by atoms with Crippen LogP contribution >= 0.6 is 0 Å². The second kappa shape index (κ2) is 12.4. The molecule has 1 atom stereocenters. The van der Waals surface area contributed by atoms with Crippen molar-refractivity contribution in [2.24, 2.45) is 0 Å². The number of likely N-dealkylation sites (N-methyl/N-ethyl adjacent to an activating group) is 1. The van der Waals surface area contributed by atoms with Gasteiger partial charge in [0.1, 0.15) is 30.0 Å². The smallest absolute Gasteiger partial charge is 0.291 e. The summed E-state index contributed by atoms with van der Waals surface area (Å²) >= 11 is 0. The number of rotatable bonds is 7. The van der Waals surface area contributed by atoms with Gasteiger partial charge in [-0.3, -0.25) is 19.7 Å². The molecule has 0 fully saturated rings. The van der Waals surface area contributed by atoms with Gasteiger partial charge in [0.2, 0.25) is 5.82 Å². The fourth-order valence-electron chi connectivity index (χ4n) is 4.70. The number of anilines is 1. The van der Waals surface area contributed by atoms with Crippen molar-refractivity contribution in [1.82, 2.24) is 25.5 Å². The third kappa shape index (κ3) is 6.47. The Bertz CT molecular complexity index is 1840. The maximum Gasteiger partial charge on any atom is 0.291 e. The van der Waals surface area contributed by atoms with Gasteiger partial charge >= 0.3 is 0 Å². The highest BCUT2D eigenvalue weighted by Gasteiger charge is 2.31. The average molecular weight is 573 g/mol. The van der Waals surface area contributed by atoms with E-state index in [0.717, 1.165) is 27.8 Å². The zero-order valence-electron chi connectivity index (χ0n) is 23.4. The molecule has 0 bridgehead atoms. The third-order valence-corrected chi connectivity index (χ3v) is 6.91. The molecular formula is C33H28N6O4. The molecule has 2 N–H and O–H groups in total. The van der Waals surface area contributed by atoms with Crippen LogP contribution in [0.3, 0.4) is 0 Å². The highest BCUT2D eigenvalue weighted by Crippen LogP contribution is 2.31. The summed E-state index contributed by atoms with van der Waals surface area (Å²) in [4.78, 5) is 36.2. The molecule has 0 radical (unpaired) electrons. The van der Waals surface area contributed by atoms with Gasteiger partial charge in [0.05, 0.1) is 17.8 Å². The van der Waals surface area contributed by atoms with Crippen molar-refractivity contribution in [1.29, 1.82) is 0 Å². The Kier molecular flexibility index (Phi) is 7.95. The first-order valence-corrected chi connectivity index (χ1v) is 13.8. The molecule has 0 aliphatic carbocycles. The van der Waals surface area contributed by atoms with Crippen LogP contribution in [0.15, 0.2) is 85.1 Å². The minimum absolute atomic E-state index is 0.0313. The van der Waals surface area contributed by atoms with E-state index in [1.54, 1.807) is 25.4 Å². The second-order valence-electron chi connectivity index (χ2n) is 9.94.